The van der Waals surface area contributed by atoms with Gasteiger partial charge in [0.25, 0.3) is 6.33 Å². The van der Waals surface area contributed by atoms with Gasteiger partial charge < -0.3 is 4.74 Å². The third-order valence-corrected chi connectivity index (χ3v) is 8.03. The van der Waals surface area contributed by atoms with Crippen LogP contribution in [0.3, 0.4) is 0 Å². The third-order valence-electron chi connectivity index (χ3n) is 8.03. The summed E-state index contributed by atoms with van der Waals surface area (Å²) in [5.41, 5.74) is 8.95. The van der Waals surface area contributed by atoms with Crippen LogP contribution in [0.25, 0.3) is 22.4 Å². The van der Waals surface area contributed by atoms with E-state index in [1.165, 1.54) is 29.5 Å². The first-order valence-electron chi connectivity index (χ1n) is 12.4. The Morgan fingerprint density at radius 3 is 2.15 bits per heavy atom. The van der Waals surface area contributed by atoms with E-state index in [-0.39, 0.29) is 16.2 Å². The summed E-state index contributed by atoms with van der Waals surface area (Å²) in [4.78, 5) is 0. The van der Waals surface area contributed by atoms with Gasteiger partial charge in [0, 0.05) is 0 Å². The summed E-state index contributed by atoms with van der Waals surface area (Å²) >= 11 is 0. The van der Waals surface area contributed by atoms with Gasteiger partial charge in [-0.1, -0.05) is 72.7 Å². The maximum atomic E-state index is 6.54. The molecule has 0 N–H and O–H groups in total. The Kier molecular flexibility index (Phi) is 4.26. The van der Waals surface area contributed by atoms with E-state index in [9.17, 15) is 0 Å². The number of benzene rings is 3. The van der Waals surface area contributed by atoms with Crippen LogP contribution in [0.5, 0.6) is 11.5 Å². The second-order valence-corrected chi connectivity index (χ2v) is 12.4. The van der Waals surface area contributed by atoms with E-state index in [0.717, 1.165) is 33.9 Å². The maximum Gasteiger partial charge on any atom is 0.270 e. The van der Waals surface area contributed by atoms with Crippen LogP contribution in [0.1, 0.15) is 78.0 Å². The number of aromatic nitrogens is 2. The van der Waals surface area contributed by atoms with Crippen molar-refractivity contribution in [3.8, 4) is 22.9 Å². The van der Waals surface area contributed by atoms with Crippen LogP contribution in [0, 0.1) is 6.33 Å². The molecule has 2 heterocycles. The fraction of sp³-hybridized carbons (Fsp3) is 0.387. The van der Waals surface area contributed by atoms with Gasteiger partial charge in [0.2, 0.25) is 0 Å². The number of nitrogens with zero attached hydrogens (tertiary/aromatic N) is 2. The molecule has 0 bridgehead atoms. The van der Waals surface area contributed by atoms with Gasteiger partial charge in [-0.2, -0.15) is 0 Å². The van der Waals surface area contributed by atoms with Crippen LogP contribution in [-0.2, 0) is 16.2 Å². The fourth-order valence-corrected chi connectivity index (χ4v) is 5.64. The van der Waals surface area contributed by atoms with E-state index in [4.69, 9.17) is 4.74 Å². The van der Waals surface area contributed by atoms with Gasteiger partial charge in [-0.15, -0.1) is 0 Å². The molecule has 0 saturated carbocycles. The highest BCUT2D eigenvalue weighted by atomic mass is 16.5. The van der Waals surface area contributed by atoms with E-state index in [1.807, 2.05) is 0 Å². The van der Waals surface area contributed by atoms with E-state index in [2.05, 4.69) is 119 Å². The molecule has 0 fully saturated rings. The molecule has 3 aromatic carbocycles. The van der Waals surface area contributed by atoms with Gasteiger partial charge in [0.1, 0.15) is 22.7 Å². The van der Waals surface area contributed by atoms with Crippen molar-refractivity contribution in [1.82, 2.24) is 4.57 Å². The molecule has 174 valence electrons. The monoisotopic (exact) mass is 450 g/mol. The summed E-state index contributed by atoms with van der Waals surface area (Å²) in [5.74, 6) is 1.81. The van der Waals surface area contributed by atoms with Gasteiger partial charge in [0.05, 0.1) is 11.2 Å². The van der Waals surface area contributed by atoms with Crippen molar-refractivity contribution < 1.29 is 9.30 Å². The SMILES string of the molecule is CC(C)(C)c1ccc(-n2[c-][n+]3c4c(cccc42)Oc2cc4c(cc2-3)C(C)(C)CCC4(C)C)cc1. The molecule has 6 rings (SSSR count). The smallest absolute Gasteiger partial charge is 0.270 e. The summed E-state index contributed by atoms with van der Waals surface area (Å²) in [6.45, 7) is 16.2. The van der Waals surface area contributed by atoms with Crippen LogP contribution >= 0.6 is 0 Å². The Hall–Kier alpha value is -3.07. The lowest BCUT2D eigenvalue weighted by molar-refractivity contribution is -0.575. The van der Waals surface area contributed by atoms with Crippen LogP contribution in [0.2, 0.25) is 0 Å². The fourth-order valence-electron chi connectivity index (χ4n) is 5.64. The minimum Gasteiger partial charge on any atom is -0.465 e. The van der Waals surface area contributed by atoms with Crippen molar-refractivity contribution in [1.29, 1.82) is 0 Å². The Morgan fingerprint density at radius 1 is 0.853 bits per heavy atom. The molecule has 0 radical (unpaired) electrons. The van der Waals surface area contributed by atoms with Crippen molar-refractivity contribution in [2.75, 3.05) is 0 Å². The molecule has 0 amide bonds. The molecule has 1 aliphatic carbocycles. The highest BCUT2D eigenvalue weighted by Gasteiger charge is 2.39. The second-order valence-electron chi connectivity index (χ2n) is 12.4. The van der Waals surface area contributed by atoms with Gasteiger partial charge >= 0.3 is 0 Å². The number of imidazole rings is 1. The van der Waals surface area contributed by atoms with Crippen LogP contribution in [0.15, 0.2) is 54.6 Å². The van der Waals surface area contributed by atoms with E-state index >= 15 is 0 Å². The predicted octanol–water partition coefficient (Wildman–Crippen LogP) is 7.46. The summed E-state index contributed by atoms with van der Waals surface area (Å²) in [6.07, 6.45) is 6.05. The largest absolute Gasteiger partial charge is 0.465 e. The zero-order chi connectivity index (χ0) is 24.0. The normalized spacial score (nSPS) is 17.7. The molecular formula is C31H34N2O. The average molecular weight is 451 g/mol. The first-order chi connectivity index (χ1) is 16.0. The molecule has 0 spiro atoms. The van der Waals surface area contributed by atoms with Crippen molar-refractivity contribution >= 4 is 11.0 Å². The number of hydrogen-bond donors (Lipinski definition) is 0. The maximum absolute atomic E-state index is 6.54. The molecule has 2 aliphatic rings. The van der Waals surface area contributed by atoms with E-state index in [1.54, 1.807) is 0 Å². The highest BCUT2D eigenvalue weighted by Crippen LogP contribution is 2.49. The predicted molar refractivity (Wildman–Crippen MR) is 138 cm³/mol. The van der Waals surface area contributed by atoms with Crippen molar-refractivity contribution in [2.45, 2.75) is 77.6 Å². The van der Waals surface area contributed by atoms with Crippen LogP contribution in [0.4, 0.5) is 0 Å². The summed E-state index contributed by atoms with van der Waals surface area (Å²) in [7, 11) is 0. The lowest BCUT2D eigenvalue weighted by Gasteiger charge is -2.42. The molecule has 1 aromatic heterocycles. The number of hydrogen-bond acceptors (Lipinski definition) is 1. The van der Waals surface area contributed by atoms with Gasteiger partial charge in [-0.3, -0.25) is 9.13 Å². The van der Waals surface area contributed by atoms with Gasteiger partial charge in [0.15, 0.2) is 0 Å². The molecule has 4 aromatic rings. The number of fused-ring (bicyclic) bond motifs is 3. The first-order valence-corrected chi connectivity index (χ1v) is 12.4. The average Bonchev–Trinajstić information content (AvgIpc) is 3.17. The molecular weight excluding hydrogens is 416 g/mol. The van der Waals surface area contributed by atoms with Crippen molar-refractivity contribution in [3.05, 3.63) is 77.6 Å². The quantitative estimate of drug-likeness (QED) is 0.191. The molecule has 3 heteroatoms. The Balaban J connectivity index is 1.57. The van der Waals surface area contributed by atoms with Crippen LogP contribution < -0.4 is 9.30 Å². The zero-order valence-corrected chi connectivity index (χ0v) is 21.4. The third kappa shape index (κ3) is 3.06. The highest BCUT2D eigenvalue weighted by molar-refractivity contribution is 5.82. The standard InChI is InChI=1S/C31H34N2O/c1-29(2,3)20-11-13-21(14-12-20)32-19-33-25-17-22-23(31(6,7)16-15-30(22,4)5)18-27(25)34-26-10-8-9-24(32)28(26)33/h8-14,17-18H,15-16H2,1-7H3. The lowest BCUT2D eigenvalue weighted by Crippen LogP contribution is -2.37. The number of para-hydroxylation sites is 1. The minimum absolute atomic E-state index is 0.128. The number of ether oxygens (including phenoxy) is 1. The summed E-state index contributed by atoms with van der Waals surface area (Å²) in [5, 5.41) is 0. The topological polar surface area (TPSA) is 18.0 Å². The molecule has 0 atom stereocenters. The van der Waals surface area contributed by atoms with Crippen molar-refractivity contribution in [3.63, 3.8) is 0 Å². The second kappa shape index (κ2) is 6.75. The van der Waals surface area contributed by atoms with Crippen LogP contribution in [-0.4, -0.2) is 4.57 Å². The number of rotatable bonds is 1. The summed E-state index contributed by atoms with van der Waals surface area (Å²) < 4.78 is 10.9. The van der Waals surface area contributed by atoms with Crippen molar-refractivity contribution in [2.24, 2.45) is 0 Å². The molecule has 0 saturated heterocycles. The Morgan fingerprint density at radius 2 is 1.50 bits per heavy atom. The lowest BCUT2D eigenvalue weighted by atomic mass is 9.63. The molecule has 34 heavy (non-hydrogen) atoms. The minimum atomic E-state index is 0.128. The first kappa shape index (κ1) is 21.5. The van der Waals surface area contributed by atoms with E-state index < -0.39 is 0 Å². The molecule has 3 nitrogen and oxygen atoms in total. The zero-order valence-electron chi connectivity index (χ0n) is 21.4. The molecule has 0 unspecified atom stereocenters. The van der Waals surface area contributed by atoms with Gasteiger partial charge in [-0.25, -0.2) is 0 Å². The Labute approximate surface area is 203 Å². The van der Waals surface area contributed by atoms with E-state index in [0.29, 0.717) is 0 Å². The molecule has 1 aliphatic heterocycles. The Bertz CT molecular complexity index is 1450. The summed E-state index contributed by atoms with van der Waals surface area (Å²) in [6, 6.07) is 19.8. The van der Waals surface area contributed by atoms with Gasteiger partial charge in [-0.05, 0) is 76.1 Å².